The zero-order valence-corrected chi connectivity index (χ0v) is 9.58. The molecule has 78 valence electrons. The number of carbonyl (C=O) groups excluding carboxylic acids is 1. The van der Waals surface area contributed by atoms with Gasteiger partial charge in [0.15, 0.2) is 6.10 Å². The van der Waals surface area contributed by atoms with Crippen LogP contribution in [0.1, 0.15) is 11.1 Å². The van der Waals surface area contributed by atoms with Crippen LogP contribution in [0, 0.1) is 0 Å². The van der Waals surface area contributed by atoms with Gasteiger partial charge in [0.2, 0.25) is 0 Å². The fraction of sp³-hybridized carbons (Fsp3) is 0.429. The molecule has 1 rings (SSSR count). The molecule has 0 bridgehead atoms. The van der Waals surface area contributed by atoms with E-state index < -0.39 is 18.2 Å². The Morgan fingerprint density at radius 1 is 1.71 bits per heavy atom. The Balaban J connectivity index is 2.74. The van der Waals surface area contributed by atoms with Gasteiger partial charge in [-0.2, -0.15) is 0 Å². The summed E-state index contributed by atoms with van der Waals surface area (Å²) in [5.74, 6) is -0.885. The predicted molar refractivity (Wildman–Crippen MR) is 52.8 cm³/mol. The third kappa shape index (κ3) is 2.50. The van der Waals surface area contributed by atoms with Gasteiger partial charge in [-0.1, -0.05) is 0 Å². The molecule has 7 heteroatoms. The van der Waals surface area contributed by atoms with Gasteiger partial charge in [-0.05, 0) is 15.9 Å². The zero-order valence-electron chi connectivity index (χ0n) is 7.18. The predicted octanol–water partition coefficient (Wildman–Crippen LogP) is 0.473. The second-order valence-corrected chi connectivity index (χ2v) is 4.12. The van der Waals surface area contributed by atoms with Gasteiger partial charge in [0.05, 0.1) is 7.11 Å². The van der Waals surface area contributed by atoms with Gasteiger partial charge in [0.25, 0.3) is 0 Å². The molecule has 0 aromatic carbocycles. The van der Waals surface area contributed by atoms with Crippen molar-refractivity contribution in [3.8, 4) is 0 Å². The van der Waals surface area contributed by atoms with Crippen molar-refractivity contribution >= 4 is 33.2 Å². The van der Waals surface area contributed by atoms with E-state index in [4.69, 9.17) is 0 Å². The molecule has 2 unspecified atom stereocenters. The van der Waals surface area contributed by atoms with Crippen LogP contribution in [0.25, 0.3) is 0 Å². The Labute approximate surface area is 92.5 Å². The Kier molecular flexibility index (Phi) is 3.99. The lowest BCUT2D eigenvalue weighted by Gasteiger charge is -2.12. The number of hydrogen-bond donors (Lipinski definition) is 2. The minimum atomic E-state index is -1.60. The van der Waals surface area contributed by atoms with E-state index in [0.717, 1.165) is 18.4 Å². The van der Waals surface area contributed by atoms with Crippen LogP contribution in [-0.2, 0) is 9.53 Å². The van der Waals surface area contributed by atoms with Crippen molar-refractivity contribution in [2.45, 2.75) is 12.2 Å². The van der Waals surface area contributed by atoms with E-state index in [-0.39, 0.29) is 5.01 Å². The first-order valence-corrected chi connectivity index (χ1v) is 5.28. The van der Waals surface area contributed by atoms with E-state index in [1.54, 1.807) is 5.38 Å². The first-order valence-electron chi connectivity index (χ1n) is 3.61. The van der Waals surface area contributed by atoms with E-state index >= 15 is 0 Å². The topological polar surface area (TPSA) is 79.7 Å². The fourth-order valence-electron chi connectivity index (χ4n) is 0.788. The normalized spacial score (nSPS) is 14.9. The number of aliphatic hydroxyl groups excluding tert-OH is 2. The number of ether oxygens (including phenoxy) is 1. The minimum Gasteiger partial charge on any atom is -0.467 e. The van der Waals surface area contributed by atoms with Crippen LogP contribution in [0.4, 0.5) is 0 Å². The first-order chi connectivity index (χ1) is 6.56. The number of carbonyl (C=O) groups is 1. The molecular weight excluding hydrogens is 274 g/mol. The SMILES string of the molecule is COC(=O)C(O)C(O)c1nc(Br)cs1. The monoisotopic (exact) mass is 281 g/mol. The molecule has 14 heavy (non-hydrogen) atoms. The Morgan fingerprint density at radius 3 is 2.79 bits per heavy atom. The quantitative estimate of drug-likeness (QED) is 0.788. The van der Waals surface area contributed by atoms with E-state index in [9.17, 15) is 15.0 Å². The molecule has 0 saturated heterocycles. The van der Waals surface area contributed by atoms with Gasteiger partial charge in [-0.15, -0.1) is 11.3 Å². The summed E-state index contributed by atoms with van der Waals surface area (Å²) in [5.41, 5.74) is 0. The number of thiazole rings is 1. The maximum atomic E-state index is 10.9. The van der Waals surface area contributed by atoms with Crippen molar-refractivity contribution in [3.63, 3.8) is 0 Å². The summed E-state index contributed by atoms with van der Waals surface area (Å²) in [7, 11) is 1.13. The zero-order chi connectivity index (χ0) is 10.7. The van der Waals surface area contributed by atoms with Crippen molar-refractivity contribution in [2.75, 3.05) is 7.11 Å². The molecule has 0 saturated carbocycles. The second kappa shape index (κ2) is 4.83. The minimum absolute atomic E-state index is 0.259. The van der Waals surface area contributed by atoms with Crippen molar-refractivity contribution in [1.29, 1.82) is 0 Å². The van der Waals surface area contributed by atoms with Crippen LogP contribution < -0.4 is 0 Å². The van der Waals surface area contributed by atoms with Gasteiger partial charge in [0, 0.05) is 5.38 Å². The molecule has 5 nitrogen and oxygen atoms in total. The molecule has 0 spiro atoms. The molecule has 1 aromatic heterocycles. The number of esters is 1. The number of aliphatic hydroxyl groups is 2. The maximum absolute atomic E-state index is 10.9. The van der Waals surface area contributed by atoms with Crippen LogP contribution in [0.5, 0.6) is 0 Å². The summed E-state index contributed by atoms with van der Waals surface area (Å²) >= 11 is 4.23. The average Bonchev–Trinajstić information content (AvgIpc) is 2.61. The number of methoxy groups -OCH3 is 1. The van der Waals surface area contributed by atoms with Crippen LogP contribution in [0.15, 0.2) is 9.98 Å². The van der Waals surface area contributed by atoms with E-state index in [0.29, 0.717) is 4.60 Å². The van der Waals surface area contributed by atoms with Gasteiger partial charge in [0.1, 0.15) is 15.7 Å². The van der Waals surface area contributed by atoms with Crippen molar-refractivity contribution in [3.05, 3.63) is 15.0 Å². The number of aromatic nitrogens is 1. The number of rotatable bonds is 3. The summed E-state index contributed by atoms with van der Waals surface area (Å²) in [6.07, 6.45) is -2.95. The molecule has 0 aliphatic carbocycles. The number of halogens is 1. The van der Waals surface area contributed by atoms with E-state index in [1.807, 2.05) is 0 Å². The molecule has 0 aliphatic heterocycles. The smallest absolute Gasteiger partial charge is 0.337 e. The van der Waals surface area contributed by atoms with Crippen LogP contribution in [0.3, 0.4) is 0 Å². The second-order valence-electron chi connectivity index (χ2n) is 2.42. The Morgan fingerprint density at radius 2 is 2.36 bits per heavy atom. The Bertz CT molecular complexity index is 329. The van der Waals surface area contributed by atoms with Crippen molar-refractivity contribution in [1.82, 2.24) is 4.98 Å². The van der Waals surface area contributed by atoms with Gasteiger partial charge in [-0.25, -0.2) is 9.78 Å². The maximum Gasteiger partial charge on any atom is 0.337 e. The third-order valence-corrected chi connectivity index (χ3v) is 3.11. The lowest BCUT2D eigenvalue weighted by Crippen LogP contribution is -2.28. The highest BCUT2D eigenvalue weighted by Crippen LogP contribution is 2.23. The standard InChI is InChI=1S/C7H8BrNO4S/c1-13-7(12)5(11)4(10)6-9-3(8)2-14-6/h2,4-5,10-11H,1H3. The highest BCUT2D eigenvalue weighted by molar-refractivity contribution is 9.10. The summed E-state index contributed by atoms with van der Waals surface area (Å²) in [4.78, 5) is 14.7. The lowest BCUT2D eigenvalue weighted by atomic mass is 10.2. The van der Waals surface area contributed by atoms with E-state index in [1.165, 1.54) is 0 Å². The highest BCUT2D eigenvalue weighted by atomic mass is 79.9. The van der Waals surface area contributed by atoms with Crippen LogP contribution in [-0.4, -0.2) is 34.4 Å². The van der Waals surface area contributed by atoms with Gasteiger partial charge >= 0.3 is 5.97 Å². The first kappa shape index (κ1) is 11.6. The number of hydrogen-bond acceptors (Lipinski definition) is 6. The van der Waals surface area contributed by atoms with E-state index in [2.05, 4.69) is 25.7 Å². The largest absolute Gasteiger partial charge is 0.467 e. The van der Waals surface area contributed by atoms with Crippen LogP contribution in [0.2, 0.25) is 0 Å². The number of nitrogens with zero attached hydrogens (tertiary/aromatic N) is 1. The average molecular weight is 282 g/mol. The highest BCUT2D eigenvalue weighted by Gasteiger charge is 2.28. The van der Waals surface area contributed by atoms with Crippen molar-refractivity contribution < 1.29 is 19.7 Å². The Hall–Kier alpha value is -0.500. The molecule has 0 aliphatic rings. The van der Waals surface area contributed by atoms with Gasteiger partial charge in [-0.3, -0.25) is 0 Å². The molecule has 0 amide bonds. The third-order valence-electron chi connectivity index (χ3n) is 1.49. The summed E-state index contributed by atoms with van der Waals surface area (Å²) in [6, 6.07) is 0. The lowest BCUT2D eigenvalue weighted by molar-refractivity contribution is -0.156. The van der Waals surface area contributed by atoms with Crippen molar-refractivity contribution in [2.24, 2.45) is 0 Å². The molecule has 2 atom stereocenters. The fourth-order valence-corrected chi connectivity index (χ4v) is 2.07. The molecular formula is C7H8BrNO4S. The summed E-state index contributed by atoms with van der Waals surface area (Å²) in [5, 5.41) is 20.7. The molecule has 0 radical (unpaired) electrons. The molecule has 1 heterocycles. The van der Waals surface area contributed by atoms with Crippen LogP contribution >= 0.6 is 27.3 Å². The summed E-state index contributed by atoms with van der Waals surface area (Å²) in [6.45, 7) is 0. The molecule has 0 fully saturated rings. The summed E-state index contributed by atoms with van der Waals surface area (Å²) < 4.78 is 4.83. The molecule has 1 aromatic rings. The molecule has 2 N–H and O–H groups in total. The van der Waals surface area contributed by atoms with Gasteiger partial charge < -0.3 is 14.9 Å².